The number of ether oxygens (including phenoxy) is 1. The maximum atomic E-state index is 11.2. The third-order valence-corrected chi connectivity index (χ3v) is 3.95. The summed E-state index contributed by atoms with van der Waals surface area (Å²) >= 11 is 0. The fourth-order valence-electron chi connectivity index (χ4n) is 2.76. The summed E-state index contributed by atoms with van der Waals surface area (Å²) in [5, 5.41) is 7.54. The number of amides is 1. The lowest BCUT2D eigenvalue weighted by molar-refractivity contribution is 0.0866. The number of hydrogen-bond donors (Lipinski definition) is 2. The fourth-order valence-corrected chi connectivity index (χ4v) is 2.76. The molecule has 7 heteroatoms. The van der Waals surface area contributed by atoms with E-state index in [-0.39, 0.29) is 11.8 Å². The summed E-state index contributed by atoms with van der Waals surface area (Å²) in [6.07, 6.45) is 4.38. The van der Waals surface area contributed by atoms with Gasteiger partial charge >= 0.3 is 0 Å². The van der Waals surface area contributed by atoms with Gasteiger partial charge in [-0.2, -0.15) is 5.10 Å². The summed E-state index contributed by atoms with van der Waals surface area (Å²) in [4.78, 5) is 15.1. The average molecular weight is 301 g/mol. The molecule has 116 valence electrons. The molecule has 3 rings (SSSR count). The first-order valence-corrected chi connectivity index (χ1v) is 7.24. The number of aromatic nitrogens is 3. The minimum absolute atomic E-state index is 0.0393. The first-order chi connectivity index (χ1) is 10.6. The van der Waals surface area contributed by atoms with Gasteiger partial charge in [-0.15, -0.1) is 0 Å². The Bertz CT molecular complexity index is 669. The molecule has 1 aliphatic rings. The predicted octanol–water partition coefficient (Wildman–Crippen LogP) is 1.10. The molecule has 0 bridgehead atoms. The van der Waals surface area contributed by atoms with Crippen LogP contribution >= 0.6 is 0 Å². The standard InChI is InChI=1S/C15H19N5O2/c1-20-13(3-6-19-20)14-10(4-7-22-14)9-18-11-2-5-17-12(8-11)15(16)21/h2-3,5-6,8,10,14H,4,7,9H2,1H3,(H2,16,21)(H,17,18)/t10-,14+/m0/s1. The number of primary amides is 1. The minimum Gasteiger partial charge on any atom is -0.385 e. The number of nitrogens with zero attached hydrogens (tertiary/aromatic N) is 3. The van der Waals surface area contributed by atoms with Crippen LogP contribution in [0, 0.1) is 5.92 Å². The second-order valence-electron chi connectivity index (χ2n) is 5.39. The van der Waals surface area contributed by atoms with E-state index < -0.39 is 5.91 Å². The van der Waals surface area contributed by atoms with Crippen molar-refractivity contribution < 1.29 is 9.53 Å². The van der Waals surface area contributed by atoms with Crippen molar-refractivity contribution >= 4 is 11.6 Å². The third kappa shape index (κ3) is 2.94. The van der Waals surface area contributed by atoms with Crippen LogP contribution in [0.4, 0.5) is 5.69 Å². The number of carbonyl (C=O) groups is 1. The molecule has 1 amide bonds. The lowest BCUT2D eigenvalue weighted by Gasteiger charge is -2.19. The van der Waals surface area contributed by atoms with Gasteiger partial charge in [0.2, 0.25) is 0 Å². The van der Waals surface area contributed by atoms with Crippen LogP contribution in [0.2, 0.25) is 0 Å². The predicted molar refractivity (Wildman–Crippen MR) is 81.3 cm³/mol. The van der Waals surface area contributed by atoms with Gasteiger partial charge in [0.1, 0.15) is 11.8 Å². The molecule has 0 saturated carbocycles. The quantitative estimate of drug-likeness (QED) is 0.862. The normalized spacial score (nSPS) is 21.0. The molecule has 2 aromatic rings. The van der Waals surface area contributed by atoms with Crippen LogP contribution in [0.5, 0.6) is 0 Å². The van der Waals surface area contributed by atoms with E-state index in [1.807, 2.05) is 23.9 Å². The van der Waals surface area contributed by atoms with Gasteiger partial charge in [0, 0.05) is 44.2 Å². The zero-order valence-electron chi connectivity index (χ0n) is 12.4. The monoisotopic (exact) mass is 301 g/mol. The van der Waals surface area contributed by atoms with E-state index in [0.717, 1.165) is 31.0 Å². The summed E-state index contributed by atoms with van der Waals surface area (Å²) < 4.78 is 7.70. The summed E-state index contributed by atoms with van der Waals surface area (Å²) in [6, 6.07) is 5.47. The molecule has 1 saturated heterocycles. The van der Waals surface area contributed by atoms with E-state index in [4.69, 9.17) is 10.5 Å². The highest BCUT2D eigenvalue weighted by atomic mass is 16.5. The Morgan fingerprint density at radius 3 is 3.09 bits per heavy atom. The number of hydrogen-bond acceptors (Lipinski definition) is 5. The number of nitrogens with one attached hydrogen (secondary N) is 1. The Labute approximate surface area is 128 Å². The van der Waals surface area contributed by atoms with E-state index in [0.29, 0.717) is 5.92 Å². The van der Waals surface area contributed by atoms with Gasteiger partial charge in [-0.3, -0.25) is 14.5 Å². The van der Waals surface area contributed by atoms with Gasteiger partial charge in [-0.05, 0) is 24.6 Å². The molecule has 0 unspecified atom stereocenters. The summed E-state index contributed by atoms with van der Waals surface area (Å²) in [5.41, 5.74) is 7.42. The lowest BCUT2D eigenvalue weighted by Crippen LogP contribution is -2.20. The number of nitrogens with two attached hydrogens (primary N) is 1. The third-order valence-electron chi connectivity index (χ3n) is 3.95. The highest BCUT2D eigenvalue weighted by Crippen LogP contribution is 2.34. The fraction of sp³-hybridized carbons (Fsp3) is 0.400. The maximum absolute atomic E-state index is 11.2. The highest BCUT2D eigenvalue weighted by Gasteiger charge is 2.31. The molecule has 3 heterocycles. The first kappa shape index (κ1) is 14.5. The van der Waals surface area contributed by atoms with Crippen molar-refractivity contribution in [3.05, 3.63) is 42.0 Å². The van der Waals surface area contributed by atoms with Crippen molar-refractivity contribution in [3.63, 3.8) is 0 Å². The zero-order valence-corrected chi connectivity index (χ0v) is 12.4. The van der Waals surface area contributed by atoms with Crippen LogP contribution in [0.3, 0.4) is 0 Å². The molecule has 0 aliphatic carbocycles. The van der Waals surface area contributed by atoms with Gasteiger partial charge in [0.15, 0.2) is 0 Å². The van der Waals surface area contributed by atoms with E-state index in [1.165, 1.54) is 0 Å². The van der Waals surface area contributed by atoms with Crippen molar-refractivity contribution in [2.24, 2.45) is 18.7 Å². The highest BCUT2D eigenvalue weighted by molar-refractivity contribution is 5.91. The zero-order chi connectivity index (χ0) is 15.5. The number of rotatable bonds is 5. The largest absolute Gasteiger partial charge is 0.385 e. The Hall–Kier alpha value is -2.41. The molecule has 22 heavy (non-hydrogen) atoms. The number of carbonyl (C=O) groups excluding carboxylic acids is 1. The molecule has 3 N–H and O–H groups in total. The van der Waals surface area contributed by atoms with Crippen LogP contribution in [-0.2, 0) is 11.8 Å². The van der Waals surface area contributed by atoms with Crippen LogP contribution in [-0.4, -0.2) is 33.8 Å². The molecule has 1 aliphatic heterocycles. The molecule has 2 aromatic heterocycles. The molecular formula is C15H19N5O2. The van der Waals surface area contributed by atoms with Crippen LogP contribution < -0.4 is 11.1 Å². The summed E-state index contributed by atoms with van der Waals surface area (Å²) in [7, 11) is 1.92. The smallest absolute Gasteiger partial charge is 0.267 e. The Balaban J connectivity index is 1.67. The van der Waals surface area contributed by atoms with E-state index >= 15 is 0 Å². The van der Waals surface area contributed by atoms with Crippen molar-refractivity contribution in [2.45, 2.75) is 12.5 Å². The topological polar surface area (TPSA) is 95.1 Å². The lowest BCUT2D eigenvalue weighted by atomic mass is 9.99. The minimum atomic E-state index is -0.527. The van der Waals surface area contributed by atoms with Crippen molar-refractivity contribution in [1.29, 1.82) is 0 Å². The van der Waals surface area contributed by atoms with Crippen LogP contribution in [0.25, 0.3) is 0 Å². The molecule has 7 nitrogen and oxygen atoms in total. The van der Waals surface area contributed by atoms with E-state index in [9.17, 15) is 4.79 Å². The van der Waals surface area contributed by atoms with Crippen LogP contribution in [0.15, 0.2) is 30.6 Å². The Morgan fingerprint density at radius 2 is 2.36 bits per heavy atom. The van der Waals surface area contributed by atoms with Crippen molar-refractivity contribution in [1.82, 2.24) is 14.8 Å². The van der Waals surface area contributed by atoms with Gasteiger partial charge in [0.25, 0.3) is 5.91 Å². The molecule has 2 atom stereocenters. The SMILES string of the molecule is Cn1nccc1[C@@H]1OCC[C@H]1CNc1ccnc(C(N)=O)c1. The van der Waals surface area contributed by atoms with E-state index in [1.54, 1.807) is 18.5 Å². The first-order valence-electron chi connectivity index (χ1n) is 7.24. The number of aryl methyl sites for hydroxylation is 1. The Kier molecular flexibility index (Phi) is 4.06. The van der Waals surface area contributed by atoms with Gasteiger partial charge in [-0.1, -0.05) is 0 Å². The van der Waals surface area contributed by atoms with Crippen molar-refractivity contribution in [2.75, 3.05) is 18.5 Å². The second-order valence-corrected chi connectivity index (χ2v) is 5.39. The molecule has 1 fully saturated rings. The van der Waals surface area contributed by atoms with Crippen LogP contribution in [0.1, 0.15) is 28.7 Å². The maximum Gasteiger partial charge on any atom is 0.267 e. The molecule has 0 spiro atoms. The van der Waals surface area contributed by atoms with Gasteiger partial charge in [-0.25, -0.2) is 0 Å². The number of pyridine rings is 1. The number of anilines is 1. The van der Waals surface area contributed by atoms with Gasteiger partial charge < -0.3 is 15.8 Å². The van der Waals surface area contributed by atoms with E-state index in [2.05, 4.69) is 15.4 Å². The summed E-state index contributed by atoms with van der Waals surface area (Å²) in [5.74, 6) is -0.179. The molecular weight excluding hydrogens is 282 g/mol. The second kappa shape index (κ2) is 6.15. The Morgan fingerprint density at radius 1 is 1.50 bits per heavy atom. The molecule has 0 aromatic carbocycles. The van der Waals surface area contributed by atoms with Crippen molar-refractivity contribution in [3.8, 4) is 0 Å². The van der Waals surface area contributed by atoms with Gasteiger partial charge in [0.05, 0.1) is 5.69 Å². The summed E-state index contributed by atoms with van der Waals surface area (Å²) in [6.45, 7) is 1.49. The molecule has 0 radical (unpaired) electrons. The average Bonchev–Trinajstić information content (AvgIpc) is 3.13.